The van der Waals surface area contributed by atoms with Crippen LogP contribution in [0.5, 0.6) is 0 Å². The largest absolute Gasteiger partial charge is 0.417 e. The van der Waals surface area contributed by atoms with E-state index >= 15 is 0 Å². The fourth-order valence-corrected chi connectivity index (χ4v) is 1.66. The fraction of sp³-hybridized carbons (Fsp3) is 0.333. The van der Waals surface area contributed by atoms with Crippen LogP contribution in [0.3, 0.4) is 0 Å². The predicted octanol–water partition coefficient (Wildman–Crippen LogP) is 4.45. The first kappa shape index (κ1) is 13.9. The number of aromatic nitrogens is 2. The predicted molar refractivity (Wildman–Crippen MR) is 63.6 cm³/mol. The van der Waals surface area contributed by atoms with E-state index in [0.29, 0.717) is 6.42 Å². The number of nitrogens with zero attached hydrogens (tertiary/aromatic N) is 2. The lowest BCUT2D eigenvalue weighted by Crippen LogP contribution is -2.06. The maximum atomic E-state index is 12.8. The van der Waals surface area contributed by atoms with Gasteiger partial charge in [0.25, 0.3) is 5.89 Å². The minimum Gasteiger partial charge on any atom is -0.334 e. The molecule has 0 saturated carbocycles. The zero-order valence-electron chi connectivity index (χ0n) is 9.91. The molecule has 0 bridgehead atoms. The molecule has 1 atom stereocenters. The molecular weight excluding hydrogens is 281 g/mol. The summed E-state index contributed by atoms with van der Waals surface area (Å²) in [4.78, 5) is 3.92. The molecule has 0 N–H and O–H groups in total. The van der Waals surface area contributed by atoms with Gasteiger partial charge in [-0.2, -0.15) is 18.2 Å². The number of hydrogen-bond donors (Lipinski definition) is 0. The summed E-state index contributed by atoms with van der Waals surface area (Å²) in [5.74, 6) is 0.0122. The smallest absolute Gasteiger partial charge is 0.334 e. The van der Waals surface area contributed by atoms with Crippen LogP contribution in [0.1, 0.15) is 30.1 Å². The summed E-state index contributed by atoms with van der Waals surface area (Å²) in [5.41, 5.74) is -0.957. The Balaban J connectivity index is 2.45. The summed E-state index contributed by atoms with van der Waals surface area (Å²) < 4.78 is 43.4. The summed E-state index contributed by atoms with van der Waals surface area (Å²) in [6.07, 6.45) is -3.92. The van der Waals surface area contributed by atoms with Gasteiger partial charge in [0.1, 0.15) is 0 Å². The average molecular weight is 291 g/mol. The lowest BCUT2D eigenvalue weighted by Gasteiger charge is -2.09. The second-order valence-corrected chi connectivity index (χ2v) is 4.40. The Labute approximate surface area is 112 Å². The quantitative estimate of drug-likeness (QED) is 0.784. The molecule has 2 rings (SSSR count). The first-order chi connectivity index (χ1) is 8.93. The second kappa shape index (κ2) is 5.21. The Morgan fingerprint density at radius 1 is 1.32 bits per heavy atom. The molecule has 1 heterocycles. The molecule has 1 aromatic heterocycles. The number of hydrogen-bond acceptors (Lipinski definition) is 3. The zero-order valence-corrected chi connectivity index (χ0v) is 10.7. The maximum absolute atomic E-state index is 12.8. The van der Waals surface area contributed by atoms with E-state index in [0.717, 1.165) is 6.07 Å². The molecule has 102 valence electrons. The van der Waals surface area contributed by atoms with Crippen molar-refractivity contribution in [3.8, 4) is 11.5 Å². The van der Waals surface area contributed by atoms with Gasteiger partial charge >= 0.3 is 6.18 Å². The molecule has 0 aliphatic rings. The molecule has 0 radical (unpaired) electrons. The molecule has 0 aliphatic heterocycles. The Morgan fingerprint density at radius 2 is 2.00 bits per heavy atom. The van der Waals surface area contributed by atoms with Crippen molar-refractivity contribution >= 4 is 11.6 Å². The zero-order chi connectivity index (χ0) is 14.0. The Hall–Kier alpha value is -1.56. The van der Waals surface area contributed by atoms with Crippen LogP contribution in [0.15, 0.2) is 28.8 Å². The molecule has 7 heteroatoms. The monoisotopic (exact) mass is 290 g/mol. The van der Waals surface area contributed by atoms with Crippen LogP contribution < -0.4 is 0 Å². The third kappa shape index (κ3) is 2.89. The van der Waals surface area contributed by atoms with Crippen LogP contribution in [0.4, 0.5) is 13.2 Å². The van der Waals surface area contributed by atoms with Crippen LogP contribution in [-0.2, 0) is 6.18 Å². The van der Waals surface area contributed by atoms with Gasteiger partial charge in [0.05, 0.1) is 16.5 Å². The summed E-state index contributed by atoms with van der Waals surface area (Å²) in [6.45, 7) is 1.82. The van der Waals surface area contributed by atoms with Crippen molar-refractivity contribution in [2.45, 2.75) is 24.9 Å². The fourth-order valence-electron chi connectivity index (χ4n) is 1.57. The van der Waals surface area contributed by atoms with Crippen molar-refractivity contribution in [2.24, 2.45) is 0 Å². The first-order valence-electron chi connectivity index (χ1n) is 5.57. The minimum absolute atomic E-state index is 0.145. The van der Waals surface area contributed by atoms with Crippen molar-refractivity contribution in [3.63, 3.8) is 0 Å². The van der Waals surface area contributed by atoms with Crippen molar-refractivity contribution in [1.82, 2.24) is 10.1 Å². The van der Waals surface area contributed by atoms with Gasteiger partial charge in [0, 0.05) is 0 Å². The topological polar surface area (TPSA) is 38.9 Å². The number of alkyl halides is 4. The number of rotatable bonds is 3. The van der Waals surface area contributed by atoms with Crippen LogP contribution >= 0.6 is 11.6 Å². The van der Waals surface area contributed by atoms with E-state index < -0.39 is 17.1 Å². The van der Waals surface area contributed by atoms with Gasteiger partial charge < -0.3 is 4.52 Å². The minimum atomic E-state index is -4.48. The highest BCUT2D eigenvalue weighted by atomic mass is 35.5. The third-order valence-corrected chi connectivity index (χ3v) is 3.05. The second-order valence-electron chi connectivity index (χ2n) is 3.88. The van der Waals surface area contributed by atoms with Crippen molar-refractivity contribution in [1.29, 1.82) is 0 Å². The SMILES string of the molecule is CCC(Cl)c1noc(-c2ccccc2C(F)(F)F)n1. The van der Waals surface area contributed by atoms with E-state index in [1.165, 1.54) is 18.2 Å². The molecule has 1 aromatic carbocycles. The van der Waals surface area contributed by atoms with Crippen molar-refractivity contribution in [3.05, 3.63) is 35.7 Å². The van der Waals surface area contributed by atoms with Gasteiger partial charge in [-0.05, 0) is 18.6 Å². The molecular formula is C12H10ClF3N2O. The summed E-state index contributed by atoms with van der Waals surface area (Å²) in [6, 6.07) is 5.04. The lowest BCUT2D eigenvalue weighted by molar-refractivity contribution is -0.137. The van der Waals surface area contributed by atoms with Gasteiger partial charge in [-0.3, -0.25) is 0 Å². The van der Waals surface area contributed by atoms with E-state index in [9.17, 15) is 13.2 Å². The van der Waals surface area contributed by atoms with E-state index in [1.54, 1.807) is 0 Å². The summed E-state index contributed by atoms with van der Waals surface area (Å²) in [5, 5.41) is 3.12. The van der Waals surface area contributed by atoms with Crippen molar-refractivity contribution < 1.29 is 17.7 Å². The highest BCUT2D eigenvalue weighted by Crippen LogP contribution is 2.36. The molecule has 0 saturated heterocycles. The highest BCUT2D eigenvalue weighted by Gasteiger charge is 2.34. The van der Waals surface area contributed by atoms with Crippen molar-refractivity contribution in [2.75, 3.05) is 0 Å². The first-order valence-corrected chi connectivity index (χ1v) is 6.01. The Morgan fingerprint density at radius 3 is 2.63 bits per heavy atom. The molecule has 0 aliphatic carbocycles. The highest BCUT2D eigenvalue weighted by molar-refractivity contribution is 6.20. The van der Waals surface area contributed by atoms with Crippen LogP contribution in [-0.4, -0.2) is 10.1 Å². The normalized spacial score (nSPS) is 13.5. The van der Waals surface area contributed by atoms with Crippen LogP contribution in [0.25, 0.3) is 11.5 Å². The molecule has 0 spiro atoms. The number of benzene rings is 1. The van der Waals surface area contributed by atoms with Gasteiger partial charge in [-0.1, -0.05) is 24.2 Å². The molecule has 2 aromatic rings. The van der Waals surface area contributed by atoms with E-state index in [4.69, 9.17) is 16.1 Å². The maximum Gasteiger partial charge on any atom is 0.417 e. The Bertz CT molecular complexity index is 568. The average Bonchev–Trinajstić information content (AvgIpc) is 2.86. The standard InChI is InChI=1S/C12H10ClF3N2O/c1-2-9(13)10-17-11(19-18-10)7-5-3-4-6-8(7)12(14,15)16/h3-6,9H,2H2,1H3. The van der Waals surface area contributed by atoms with Crippen LogP contribution in [0.2, 0.25) is 0 Å². The molecule has 0 fully saturated rings. The van der Waals surface area contributed by atoms with E-state index in [1.807, 2.05) is 6.92 Å². The number of halogens is 4. The van der Waals surface area contributed by atoms with Crippen LogP contribution in [0, 0.1) is 0 Å². The van der Waals surface area contributed by atoms with Gasteiger partial charge in [-0.25, -0.2) is 0 Å². The molecule has 3 nitrogen and oxygen atoms in total. The molecule has 0 amide bonds. The summed E-state index contributed by atoms with van der Waals surface area (Å²) in [7, 11) is 0. The third-order valence-electron chi connectivity index (χ3n) is 2.54. The lowest BCUT2D eigenvalue weighted by atomic mass is 10.1. The van der Waals surface area contributed by atoms with Gasteiger partial charge in [0.2, 0.25) is 0 Å². The van der Waals surface area contributed by atoms with E-state index in [-0.39, 0.29) is 17.3 Å². The van der Waals surface area contributed by atoms with Gasteiger partial charge in [-0.15, -0.1) is 11.6 Å². The van der Waals surface area contributed by atoms with Gasteiger partial charge in [0.15, 0.2) is 5.82 Å². The summed E-state index contributed by atoms with van der Waals surface area (Å²) >= 11 is 5.91. The Kier molecular flexibility index (Phi) is 3.80. The molecule has 1 unspecified atom stereocenters. The van der Waals surface area contributed by atoms with E-state index in [2.05, 4.69) is 10.1 Å². The molecule has 19 heavy (non-hydrogen) atoms.